The molecule has 2 heterocycles. The Morgan fingerprint density at radius 2 is 2.00 bits per heavy atom. The fourth-order valence-electron chi connectivity index (χ4n) is 2.93. The zero-order chi connectivity index (χ0) is 19.7. The van der Waals surface area contributed by atoms with Crippen LogP contribution in [0.1, 0.15) is 18.4 Å². The van der Waals surface area contributed by atoms with E-state index in [1.165, 1.54) is 22.5 Å². The van der Waals surface area contributed by atoms with Gasteiger partial charge in [-0.05, 0) is 42.5 Å². The van der Waals surface area contributed by atoms with Crippen LogP contribution in [0.25, 0.3) is 0 Å². The van der Waals surface area contributed by atoms with Crippen LogP contribution < -0.4 is 5.32 Å². The molecule has 1 amide bonds. The van der Waals surface area contributed by atoms with Gasteiger partial charge in [-0.15, -0.1) is 11.3 Å². The van der Waals surface area contributed by atoms with Crippen molar-refractivity contribution in [2.75, 3.05) is 18.4 Å². The Kier molecular flexibility index (Phi) is 5.59. The minimum absolute atomic E-state index is 0.00499. The summed E-state index contributed by atoms with van der Waals surface area (Å²) >= 11 is 1.10. The molecule has 1 saturated heterocycles. The highest BCUT2D eigenvalue weighted by Gasteiger charge is 2.34. The quantitative estimate of drug-likeness (QED) is 0.821. The number of benzene rings is 1. The first-order chi connectivity index (χ1) is 12.7. The number of amides is 1. The second kappa shape index (κ2) is 7.61. The van der Waals surface area contributed by atoms with Crippen molar-refractivity contribution < 1.29 is 26.4 Å². The Morgan fingerprint density at radius 1 is 1.22 bits per heavy atom. The van der Waals surface area contributed by atoms with Crippen molar-refractivity contribution in [3.8, 4) is 0 Å². The Labute approximate surface area is 158 Å². The Balaban J connectivity index is 1.71. The average Bonchev–Trinajstić information content (AvgIpc) is 3.17. The van der Waals surface area contributed by atoms with Crippen LogP contribution in [-0.4, -0.2) is 31.7 Å². The molecule has 0 spiro atoms. The highest BCUT2D eigenvalue weighted by molar-refractivity contribution is 7.91. The van der Waals surface area contributed by atoms with Crippen molar-refractivity contribution in [3.63, 3.8) is 0 Å². The van der Waals surface area contributed by atoms with Gasteiger partial charge in [-0.3, -0.25) is 4.79 Å². The van der Waals surface area contributed by atoms with E-state index < -0.39 is 33.6 Å². The van der Waals surface area contributed by atoms with Crippen LogP contribution in [0, 0.1) is 5.92 Å². The molecule has 0 unspecified atom stereocenters. The number of rotatable bonds is 4. The molecule has 3 rings (SSSR count). The standard InChI is InChI=1S/C17H17F3N2O3S2/c18-17(19,20)13-5-1-6-14(10-13)21-16(23)12-4-2-8-22(11-12)27(24,25)15-7-3-9-26-15/h1,3,5-7,9-10,12H,2,4,8,11H2,(H,21,23)/t12-/m0/s1. The highest BCUT2D eigenvalue weighted by atomic mass is 32.2. The van der Waals surface area contributed by atoms with Crippen molar-refractivity contribution in [2.45, 2.75) is 23.2 Å². The minimum atomic E-state index is -4.50. The summed E-state index contributed by atoms with van der Waals surface area (Å²) in [6.45, 7) is 0.318. The number of nitrogens with one attached hydrogen (secondary N) is 1. The van der Waals surface area contributed by atoms with Crippen molar-refractivity contribution >= 4 is 33.0 Å². The zero-order valence-corrected chi connectivity index (χ0v) is 15.7. The summed E-state index contributed by atoms with van der Waals surface area (Å²) < 4.78 is 65.1. The first kappa shape index (κ1) is 19.8. The largest absolute Gasteiger partial charge is 0.416 e. The van der Waals surface area contributed by atoms with Crippen LogP contribution in [0.3, 0.4) is 0 Å². The van der Waals surface area contributed by atoms with Gasteiger partial charge in [0, 0.05) is 18.8 Å². The van der Waals surface area contributed by atoms with Gasteiger partial charge in [0.05, 0.1) is 11.5 Å². The number of piperidine rings is 1. The molecule has 1 aromatic carbocycles. The van der Waals surface area contributed by atoms with E-state index in [4.69, 9.17) is 0 Å². The lowest BCUT2D eigenvalue weighted by Gasteiger charge is -2.30. The Morgan fingerprint density at radius 3 is 2.67 bits per heavy atom. The van der Waals surface area contributed by atoms with Crippen molar-refractivity contribution in [3.05, 3.63) is 47.3 Å². The third-order valence-corrected chi connectivity index (χ3v) is 7.54. The van der Waals surface area contributed by atoms with E-state index in [9.17, 15) is 26.4 Å². The van der Waals surface area contributed by atoms with E-state index in [1.807, 2.05) is 0 Å². The van der Waals surface area contributed by atoms with Crippen molar-refractivity contribution in [1.29, 1.82) is 0 Å². The summed E-state index contributed by atoms with van der Waals surface area (Å²) in [5.41, 5.74) is -0.820. The molecular formula is C17H17F3N2O3S2. The summed E-state index contributed by atoms with van der Waals surface area (Å²) in [5.74, 6) is -1.11. The molecule has 1 fully saturated rings. The number of carbonyl (C=O) groups is 1. The fraction of sp³-hybridized carbons (Fsp3) is 0.353. The van der Waals surface area contributed by atoms with Crippen LogP contribution in [0.15, 0.2) is 46.0 Å². The molecule has 1 atom stereocenters. The first-order valence-electron chi connectivity index (χ1n) is 8.20. The minimum Gasteiger partial charge on any atom is -0.326 e. The van der Waals surface area contributed by atoms with E-state index in [1.54, 1.807) is 11.4 Å². The van der Waals surface area contributed by atoms with Gasteiger partial charge in [0.2, 0.25) is 5.91 Å². The molecule has 27 heavy (non-hydrogen) atoms. The molecule has 1 aliphatic heterocycles. The number of hydrogen-bond acceptors (Lipinski definition) is 4. The second-order valence-electron chi connectivity index (χ2n) is 6.20. The molecule has 1 aromatic heterocycles. The topological polar surface area (TPSA) is 66.5 Å². The predicted octanol–water partition coefficient (Wildman–Crippen LogP) is 3.81. The van der Waals surface area contributed by atoms with Crippen LogP contribution >= 0.6 is 11.3 Å². The maximum Gasteiger partial charge on any atom is 0.416 e. The van der Waals surface area contributed by atoms with Gasteiger partial charge in [0.1, 0.15) is 4.21 Å². The van der Waals surface area contributed by atoms with Crippen LogP contribution in [-0.2, 0) is 21.0 Å². The first-order valence-corrected chi connectivity index (χ1v) is 10.5. The van der Waals surface area contributed by atoms with Gasteiger partial charge in [-0.1, -0.05) is 12.1 Å². The molecule has 146 valence electrons. The molecule has 1 N–H and O–H groups in total. The summed E-state index contributed by atoms with van der Waals surface area (Å²) in [4.78, 5) is 12.5. The molecule has 0 aliphatic carbocycles. The molecule has 10 heteroatoms. The van der Waals surface area contributed by atoms with Gasteiger partial charge >= 0.3 is 6.18 Å². The van der Waals surface area contributed by atoms with Gasteiger partial charge in [-0.25, -0.2) is 8.42 Å². The lowest BCUT2D eigenvalue weighted by molar-refractivity contribution is -0.137. The molecular weight excluding hydrogens is 401 g/mol. The Hall–Kier alpha value is -1.91. The number of carbonyl (C=O) groups excluding carboxylic acids is 1. The number of halogens is 3. The number of anilines is 1. The van der Waals surface area contributed by atoms with Crippen molar-refractivity contribution in [1.82, 2.24) is 4.31 Å². The number of nitrogens with zero attached hydrogens (tertiary/aromatic N) is 1. The number of alkyl halides is 3. The SMILES string of the molecule is O=C(Nc1cccc(C(F)(F)F)c1)[C@H]1CCCN(S(=O)(=O)c2cccs2)C1. The molecule has 0 bridgehead atoms. The molecule has 0 saturated carbocycles. The molecule has 5 nitrogen and oxygen atoms in total. The summed E-state index contributed by atoms with van der Waals surface area (Å²) in [5, 5.41) is 4.13. The average molecular weight is 418 g/mol. The second-order valence-corrected chi connectivity index (χ2v) is 9.31. The normalized spacial score (nSPS) is 19.0. The maximum atomic E-state index is 12.8. The van der Waals surface area contributed by atoms with Gasteiger partial charge in [0.25, 0.3) is 10.0 Å². The van der Waals surface area contributed by atoms with Crippen molar-refractivity contribution in [2.24, 2.45) is 5.92 Å². The van der Waals surface area contributed by atoms with Gasteiger partial charge < -0.3 is 5.32 Å². The third-order valence-electron chi connectivity index (χ3n) is 4.30. The lowest BCUT2D eigenvalue weighted by Crippen LogP contribution is -2.43. The smallest absolute Gasteiger partial charge is 0.326 e. The van der Waals surface area contributed by atoms with Crippen LogP contribution in [0.5, 0.6) is 0 Å². The summed E-state index contributed by atoms with van der Waals surface area (Å²) in [6, 6.07) is 7.52. The summed E-state index contributed by atoms with van der Waals surface area (Å²) in [6.07, 6.45) is -3.52. The predicted molar refractivity (Wildman–Crippen MR) is 95.9 cm³/mol. The van der Waals surface area contributed by atoms with E-state index in [0.29, 0.717) is 19.4 Å². The number of sulfonamides is 1. The number of thiophene rings is 1. The maximum absolute atomic E-state index is 12.8. The third kappa shape index (κ3) is 4.50. The van der Waals surface area contributed by atoms with E-state index in [2.05, 4.69) is 5.32 Å². The monoisotopic (exact) mass is 418 g/mol. The molecule has 2 aromatic rings. The van der Waals surface area contributed by atoms with Gasteiger partial charge in [0.15, 0.2) is 0 Å². The van der Waals surface area contributed by atoms with Crippen LogP contribution in [0.4, 0.5) is 18.9 Å². The summed E-state index contributed by atoms with van der Waals surface area (Å²) in [7, 11) is -3.66. The number of hydrogen-bond donors (Lipinski definition) is 1. The highest BCUT2D eigenvalue weighted by Crippen LogP contribution is 2.31. The van der Waals surface area contributed by atoms with E-state index in [0.717, 1.165) is 23.5 Å². The van der Waals surface area contributed by atoms with E-state index in [-0.39, 0.29) is 16.4 Å². The van der Waals surface area contributed by atoms with Crippen LogP contribution in [0.2, 0.25) is 0 Å². The van der Waals surface area contributed by atoms with E-state index >= 15 is 0 Å². The van der Waals surface area contributed by atoms with Gasteiger partial charge in [-0.2, -0.15) is 17.5 Å². The fourth-order valence-corrected chi connectivity index (χ4v) is 5.60. The molecule has 0 radical (unpaired) electrons. The zero-order valence-electron chi connectivity index (χ0n) is 14.1. The lowest BCUT2D eigenvalue weighted by atomic mass is 9.98. The Bertz CT molecular complexity index is 912. The molecule has 1 aliphatic rings.